The molecule has 8 N–H and O–H groups in total. The largest absolute Gasteiger partial charge is 0.349 e. The molecule has 0 heterocycles. The molecule has 0 fully saturated rings. The lowest BCUT2D eigenvalue weighted by atomic mass is 10.5. The van der Waals surface area contributed by atoms with Crippen LogP contribution in [0.2, 0.25) is 0 Å². The van der Waals surface area contributed by atoms with Crippen molar-refractivity contribution in [3.8, 4) is 0 Å². The molecule has 0 aromatic carbocycles. The van der Waals surface area contributed by atoms with Gasteiger partial charge < -0.3 is 39.1 Å². The van der Waals surface area contributed by atoms with Crippen LogP contribution in [-0.2, 0) is 0 Å². The Morgan fingerprint density at radius 1 is 0.450 bits per heavy atom. The zero-order chi connectivity index (χ0) is 15.7. The average Bonchev–Trinajstić information content (AvgIpc) is 2.22. The van der Waals surface area contributed by atoms with Gasteiger partial charge in [0, 0.05) is 13.1 Å². The number of nitrogens with zero attached hydrogens (tertiary/aromatic N) is 2. The summed E-state index contributed by atoms with van der Waals surface area (Å²) < 4.78 is 0. The first kappa shape index (κ1) is 21.3. The monoisotopic (exact) mass is 372 g/mol. The lowest BCUT2D eigenvalue weighted by Crippen LogP contribution is -2.36. The minimum atomic E-state index is -2.23. The van der Waals surface area contributed by atoms with Crippen LogP contribution in [0.3, 0.4) is 0 Å². The number of hydrogen-bond donors (Lipinski definition) is 8. The van der Waals surface area contributed by atoms with Crippen molar-refractivity contribution in [2.24, 2.45) is 0 Å². The molecule has 0 radical (unpaired) electrons. The molecule has 0 saturated carbocycles. The third kappa shape index (κ3) is 13.0. The van der Waals surface area contributed by atoms with Crippen molar-refractivity contribution in [3.05, 3.63) is 0 Å². The summed E-state index contributed by atoms with van der Waals surface area (Å²) in [5.74, 6) is 0. The lowest BCUT2D eigenvalue weighted by Gasteiger charge is -2.28. The van der Waals surface area contributed by atoms with E-state index >= 15 is 0 Å². The van der Waals surface area contributed by atoms with Gasteiger partial charge >= 0.3 is 0 Å². The molecule has 14 heteroatoms. The van der Waals surface area contributed by atoms with Gasteiger partial charge in [-0.25, -0.2) is 0 Å². The molecule has 0 amide bonds. The Morgan fingerprint density at radius 3 is 0.800 bits per heavy atom. The highest BCUT2D eigenvalue weighted by Crippen LogP contribution is 2.32. The normalized spacial score (nSPS) is 12.9. The summed E-state index contributed by atoms with van der Waals surface area (Å²) in [6.45, 7) is 0.374. The van der Waals surface area contributed by atoms with E-state index in [4.69, 9.17) is 39.1 Å². The van der Waals surface area contributed by atoms with Gasteiger partial charge in [0.25, 0.3) is 0 Å². The maximum atomic E-state index is 8.95. The van der Waals surface area contributed by atoms with Crippen LogP contribution in [0.1, 0.15) is 0 Å². The van der Waals surface area contributed by atoms with E-state index in [1.165, 1.54) is 9.80 Å². The quantitative estimate of drug-likeness (QED) is 0.202. The van der Waals surface area contributed by atoms with Crippen molar-refractivity contribution in [1.82, 2.24) is 9.80 Å². The first-order valence-electron chi connectivity index (χ1n) is 5.26. The second-order valence-electron chi connectivity index (χ2n) is 3.84. The Labute approximate surface area is 121 Å². The van der Waals surface area contributed by atoms with E-state index in [0.29, 0.717) is 0 Å². The second kappa shape index (κ2) is 11.8. The van der Waals surface area contributed by atoms with Crippen LogP contribution in [-0.4, -0.2) is 87.2 Å². The Kier molecular flexibility index (Phi) is 12.6. The minimum absolute atomic E-state index is 0.136. The zero-order valence-corrected chi connectivity index (χ0v) is 14.1. The molecule has 0 spiro atoms. The Morgan fingerprint density at radius 2 is 0.650 bits per heavy atom. The molecule has 10 nitrogen and oxygen atoms in total. The first-order valence-corrected chi connectivity index (χ1v) is 11.0. The molecule has 122 valence electrons. The molecular formula is C6H20N2O8P4. The average molecular weight is 372 g/mol. The molecule has 0 unspecified atom stereocenters. The van der Waals surface area contributed by atoms with Crippen LogP contribution >= 0.6 is 33.5 Å². The maximum Gasteiger partial charge on any atom is 0.180 e. The molecule has 0 aliphatic heterocycles. The van der Waals surface area contributed by atoms with E-state index in [9.17, 15) is 0 Å². The predicted molar refractivity (Wildman–Crippen MR) is 78.3 cm³/mol. The van der Waals surface area contributed by atoms with Crippen LogP contribution in [0.25, 0.3) is 0 Å². The molecule has 0 saturated heterocycles. The van der Waals surface area contributed by atoms with Gasteiger partial charge in [0.15, 0.2) is 33.5 Å². The predicted octanol–water partition coefficient (Wildman–Crippen LogP) is -1.39. The molecule has 0 bridgehead atoms. The van der Waals surface area contributed by atoms with Crippen molar-refractivity contribution in [2.75, 3.05) is 38.2 Å². The summed E-state index contributed by atoms with van der Waals surface area (Å²) >= 11 is 0. The number of rotatable bonds is 11. The third-order valence-electron chi connectivity index (χ3n) is 2.04. The van der Waals surface area contributed by atoms with E-state index in [0.717, 1.165) is 0 Å². The SMILES string of the molecule is OP(O)CN(CCN(CP(O)O)CP(O)O)CP(O)O. The van der Waals surface area contributed by atoms with E-state index in [2.05, 4.69) is 0 Å². The van der Waals surface area contributed by atoms with Crippen LogP contribution in [0.5, 0.6) is 0 Å². The second-order valence-corrected chi connectivity index (χ2v) is 7.95. The smallest absolute Gasteiger partial charge is 0.180 e. The summed E-state index contributed by atoms with van der Waals surface area (Å²) in [5, 5.41) is 0. The summed E-state index contributed by atoms with van der Waals surface area (Å²) in [4.78, 5) is 74.4. The van der Waals surface area contributed by atoms with Gasteiger partial charge in [0.2, 0.25) is 0 Å². The van der Waals surface area contributed by atoms with E-state index in [1.54, 1.807) is 0 Å². The highest BCUT2D eigenvalue weighted by atomic mass is 31.2. The van der Waals surface area contributed by atoms with Gasteiger partial charge in [-0.3, -0.25) is 9.80 Å². The van der Waals surface area contributed by atoms with Crippen molar-refractivity contribution in [3.63, 3.8) is 0 Å². The molecule has 0 aliphatic carbocycles. The van der Waals surface area contributed by atoms with Gasteiger partial charge in [0.05, 0.1) is 25.1 Å². The molecule has 0 rings (SSSR count). The summed E-state index contributed by atoms with van der Waals surface area (Å²) in [6.07, 6.45) is -0.543. The molecule has 0 atom stereocenters. The zero-order valence-electron chi connectivity index (χ0n) is 10.5. The van der Waals surface area contributed by atoms with Crippen molar-refractivity contribution >= 4 is 33.5 Å². The van der Waals surface area contributed by atoms with E-state index in [1.807, 2.05) is 0 Å². The Hall–Kier alpha value is 1.32. The highest BCUT2D eigenvalue weighted by Gasteiger charge is 2.18. The molecule has 20 heavy (non-hydrogen) atoms. The highest BCUT2D eigenvalue weighted by molar-refractivity contribution is 7.46. The molecule has 0 aromatic rings. The molecule has 0 aliphatic rings. The Bertz CT molecular complexity index is 205. The van der Waals surface area contributed by atoms with Gasteiger partial charge in [-0.2, -0.15) is 0 Å². The van der Waals surface area contributed by atoms with Gasteiger partial charge in [0.1, 0.15) is 0 Å². The van der Waals surface area contributed by atoms with Crippen molar-refractivity contribution in [1.29, 1.82) is 0 Å². The van der Waals surface area contributed by atoms with Gasteiger partial charge in [-0.05, 0) is 0 Å². The lowest BCUT2D eigenvalue weighted by molar-refractivity contribution is 0.256. The standard InChI is InChI=1S/C6H20N2O8P4/c9-17(10)3-7(4-18(11)12)1-2-8(5-19(13)14)6-20(15)16/h9-16H,1-6H2. The minimum Gasteiger partial charge on any atom is -0.349 e. The van der Waals surface area contributed by atoms with Crippen LogP contribution in [0.4, 0.5) is 0 Å². The number of hydrogen-bond acceptors (Lipinski definition) is 10. The first-order chi connectivity index (χ1) is 9.20. The van der Waals surface area contributed by atoms with Gasteiger partial charge in [-0.15, -0.1) is 0 Å². The summed E-state index contributed by atoms with van der Waals surface area (Å²) in [5.41, 5.74) is 0. The van der Waals surface area contributed by atoms with Crippen LogP contribution in [0, 0.1) is 0 Å². The van der Waals surface area contributed by atoms with Crippen molar-refractivity contribution < 1.29 is 39.1 Å². The third-order valence-corrected chi connectivity index (χ3v) is 4.65. The summed E-state index contributed by atoms with van der Waals surface area (Å²) in [6, 6.07) is 0. The molecular weight excluding hydrogens is 352 g/mol. The topological polar surface area (TPSA) is 168 Å². The Balaban J connectivity index is 4.35. The van der Waals surface area contributed by atoms with E-state index < -0.39 is 33.5 Å². The fourth-order valence-corrected chi connectivity index (χ4v) is 4.08. The van der Waals surface area contributed by atoms with Crippen LogP contribution in [0.15, 0.2) is 0 Å². The fraction of sp³-hybridized carbons (Fsp3) is 1.00. The summed E-state index contributed by atoms with van der Waals surface area (Å²) in [7, 11) is -8.91. The van der Waals surface area contributed by atoms with Gasteiger partial charge in [-0.1, -0.05) is 0 Å². The van der Waals surface area contributed by atoms with E-state index in [-0.39, 0.29) is 38.2 Å². The molecule has 0 aromatic heterocycles. The van der Waals surface area contributed by atoms with Crippen molar-refractivity contribution in [2.45, 2.75) is 0 Å². The fourth-order valence-electron chi connectivity index (χ4n) is 1.37. The maximum absolute atomic E-state index is 8.95. The van der Waals surface area contributed by atoms with Crippen LogP contribution < -0.4 is 0 Å².